The fourth-order valence-corrected chi connectivity index (χ4v) is 4.69. The molecule has 1 fully saturated rings. The number of aromatic nitrogens is 2. The number of aryl methyl sites for hydroxylation is 1. The molecule has 2 aromatic rings. The van der Waals surface area contributed by atoms with Crippen LogP contribution in [0.4, 0.5) is 37.1 Å². The number of halogens is 6. The van der Waals surface area contributed by atoms with Crippen molar-refractivity contribution in [1.82, 2.24) is 14.9 Å². The second kappa shape index (κ2) is 12.7. The molecular formula is C28H34F6N4O4. The maximum Gasteiger partial charge on any atom is 0.416 e. The van der Waals surface area contributed by atoms with Gasteiger partial charge in [0.15, 0.2) is 0 Å². The van der Waals surface area contributed by atoms with E-state index >= 15 is 0 Å². The maximum absolute atomic E-state index is 13.6. The number of rotatable bonds is 8. The molecule has 1 aromatic carbocycles. The van der Waals surface area contributed by atoms with E-state index in [1.165, 1.54) is 29.3 Å². The Morgan fingerprint density at radius 1 is 0.976 bits per heavy atom. The number of carbonyl (C=O) groups excluding carboxylic acids is 2. The normalized spacial score (nSPS) is 17.7. The summed E-state index contributed by atoms with van der Waals surface area (Å²) in [5, 5.41) is 0. The molecule has 0 saturated carbocycles. The van der Waals surface area contributed by atoms with Crippen LogP contribution in [0.2, 0.25) is 0 Å². The standard InChI is InChI=1S/C28H34F6N4O4/c1-6-21-12-22(16-38(21)25(40)42-26(2,3)4)37(24-35-13-17(14-36-24)7-8-23(39)41-5)15-18-9-19(27(29,30)31)11-20(10-18)28(32,33)34/h9-11,13-14,21-22H,6-8,12,15-16H2,1-5H3/t21-,22+/m1/s1. The van der Waals surface area contributed by atoms with E-state index in [1.807, 2.05) is 6.92 Å². The number of benzene rings is 1. The number of likely N-dealkylation sites (tertiary alicyclic amines) is 1. The van der Waals surface area contributed by atoms with E-state index in [9.17, 15) is 35.9 Å². The van der Waals surface area contributed by atoms with Crippen LogP contribution in [0, 0.1) is 0 Å². The summed E-state index contributed by atoms with van der Waals surface area (Å²) in [6.45, 7) is 6.71. The number of esters is 1. The number of carbonyl (C=O) groups is 2. The Morgan fingerprint density at radius 2 is 1.55 bits per heavy atom. The third kappa shape index (κ3) is 8.71. The van der Waals surface area contributed by atoms with Crippen molar-refractivity contribution in [1.29, 1.82) is 0 Å². The molecule has 2 heterocycles. The highest BCUT2D eigenvalue weighted by molar-refractivity contribution is 5.70. The van der Waals surface area contributed by atoms with Crippen LogP contribution >= 0.6 is 0 Å². The minimum Gasteiger partial charge on any atom is -0.469 e. The average molecular weight is 605 g/mol. The SMILES string of the molecule is CC[C@@H]1C[C@H](N(Cc2cc(C(F)(F)F)cc(C(F)(F)F)c2)c2ncc(CCC(=O)OC)cn2)CN1C(=O)OC(C)(C)C. The first-order chi connectivity index (χ1) is 19.4. The largest absolute Gasteiger partial charge is 0.469 e. The van der Waals surface area contributed by atoms with Gasteiger partial charge in [-0.3, -0.25) is 4.79 Å². The van der Waals surface area contributed by atoms with E-state index in [-0.39, 0.29) is 43.0 Å². The Hall–Kier alpha value is -3.58. The zero-order chi connectivity index (χ0) is 31.5. The van der Waals surface area contributed by atoms with Gasteiger partial charge in [-0.1, -0.05) is 6.92 Å². The second-order valence-electron chi connectivity index (χ2n) is 11.1. The monoisotopic (exact) mass is 604 g/mol. The van der Waals surface area contributed by atoms with Crippen LogP contribution in [0.1, 0.15) is 69.2 Å². The molecule has 8 nitrogen and oxygen atoms in total. The van der Waals surface area contributed by atoms with Crippen LogP contribution in [0.5, 0.6) is 0 Å². The van der Waals surface area contributed by atoms with Gasteiger partial charge in [0.05, 0.1) is 24.3 Å². The number of ether oxygens (including phenoxy) is 2. The van der Waals surface area contributed by atoms with Crippen LogP contribution in [-0.4, -0.2) is 58.3 Å². The molecule has 1 amide bonds. The molecule has 1 aliphatic rings. The predicted octanol–water partition coefficient (Wildman–Crippen LogP) is 6.41. The van der Waals surface area contributed by atoms with Crippen molar-refractivity contribution >= 4 is 18.0 Å². The summed E-state index contributed by atoms with van der Waals surface area (Å²) in [5.41, 5.74) is -3.31. The number of amides is 1. The molecule has 1 aliphatic heterocycles. The van der Waals surface area contributed by atoms with Crippen LogP contribution in [-0.2, 0) is 39.6 Å². The van der Waals surface area contributed by atoms with Gasteiger partial charge in [-0.05, 0) is 69.4 Å². The van der Waals surface area contributed by atoms with Crippen LogP contribution in [0.25, 0.3) is 0 Å². The molecule has 2 atom stereocenters. The lowest BCUT2D eigenvalue weighted by molar-refractivity contribution is -0.143. The second-order valence-corrected chi connectivity index (χ2v) is 11.1. The minimum atomic E-state index is -5.01. The minimum absolute atomic E-state index is 0.0497. The molecule has 1 saturated heterocycles. The molecule has 0 radical (unpaired) electrons. The van der Waals surface area contributed by atoms with Crippen LogP contribution in [0.3, 0.4) is 0 Å². The lowest BCUT2D eigenvalue weighted by Gasteiger charge is -2.30. The highest BCUT2D eigenvalue weighted by Gasteiger charge is 2.41. The molecule has 42 heavy (non-hydrogen) atoms. The molecule has 0 unspecified atom stereocenters. The fourth-order valence-electron chi connectivity index (χ4n) is 4.69. The van der Waals surface area contributed by atoms with Crippen molar-refractivity contribution in [2.45, 2.75) is 90.0 Å². The van der Waals surface area contributed by atoms with Crippen molar-refractivity contribution in [3.05, 3.63) is 52.8 Å². The van der Waals surface area contributed by atoms with Gasteiger partial charge < -0.3 is 19.3 Å². The van der Waals surface area contributed by atoms with Crippen molar-refractivity contribution in [2.24, 2.45) is 0 Å². The predicted molar refractivity (Wildman–Crippen MR) is 140 cm³/mol. The molecule has 232 valence electrons. The van der Waals surface area contributed by atoms with Crippen LogP contribution in [0.15, 0.2) is 30.6 Å². The summed E-state index contributed by atoms with van der Waals surface area (Å²) in [7, 11) is 1.25. The number of hydrogen-bond donors (Lipinski definition) is 0. The van der Waals surface area contributed by atoms with Gasteiger partial charge in [-0.25, -0.2) is 14.8 Å². The molecular weight excluding hydrogens is 570 g/mol. The number of nitrogens with zero attached hydrogens (tertiary/aromatic N) is 4. The van der Waals surface area contributed by atoms with E-state index in [1.54, 1.807) is 20.8 Å². The Balaban J connectivity index is 2.01. The van der Waals surface area contributed by atoms with Gasteiger partial charge in [0.2, 0.25) is 5.95 Å². The van der Waals surface area contributed by atoms with E-state index in [0.29, 0.717) is 30.5 Å². The Morgan fingerprint density at radius 3 is 2.02 bits per heavy atom. The lowest BCUT2D eigenvalue weighted by atomic mass is 10.0. The van der Waals surface area contributed by atoms with E-state index in [4.69, 9.17) is 4.74 Å². The van der Waals surface area contributed by atoms with Gasteiger partial charge >= 0.3 is 24.4 Å². The first kappa shape index (κ1) is 32.9. The topological polar surface area (TPSA) is 84.9 Å². The van der Waals surface area contributed by atoms with Gasteiger partial charge in [-0.2, -0.15) is 26.3 Å². The molecule has 0 N–H and O–H groups in total. The molecule has 1 aromatic heterocycles. The first-order valence-corrected chi connectivity index (χ1v) is 13.3. The fraction of sp³-hybridized carbons (Fsp3) is 0.571. The Bertz CT molecular complexity index is 1210. The molecule has 0 spiro atoms. The summed E-state index contributed by atoms with van der Waals surface area (Å²) in [5.74, 6) is -0.391. The molecule has 0 aliphatic carbocycles. The average Bonchev–Trinajstić information content (AvgIpc) is 3.33. The molecule has 14 heteroatoms. The third-order valence-electron chi connectivity index (χ3n) is 6.73. The number of methoxy groups -OCH3 is 1. The van der Waals surface area contributed by atoms with Gasteiger partial charge in [0.25, 0.3) is 0 Å². The highest BCUT2D eigenvalue weighted by atomic mass is 19.4. The Kier molecular flexibility index (Phi) is 9.99. The summed E-state index contributed by atoms with van der Waals surface area (Å²) < 4.78 is 91.6. The molecule has 0 bridgehead atoms. The summed E-state index contributed by atoms with van der Waals surface area (Å²) in [6.07, 6.45) is -6.49. The molecule has 3 rings (SSSR count). The zero-order valence-corrected chi connectivity index (χ0v) is 24.0. The number of alkyl halides is 6. The van der Waals surface area contributed by atoms with Crippen molar-refractivity contribution in [2.75, 3.05) is 18.6 Å². The maximum atomic E-state index is 13.6. The smallest absolute Gasteiger partial charge is 0.416 e. The summed E-state index contributed by atoms with van der Waals surface area (Å²) in [4.78, 5) is 36.1. The van der Waals surface area contributed by atoms with Gasteiger partial charge in [0.1, 0.15) is 5.60 Å². The summed E-state index contributed by atoms with van der Waals surface area (Å²) in [6, 6.07) is 0.578. The first-order valence-electron chi connectivity index (χ1n) is 13.3. The van der Waals surface area contributed by atoms with E-state index in [2.05, 4.69) is 14.7 Å². The summed E-state index contributed by atoms with van der Waals surface area (Å²) >= 11 is 0. The zero-order valence-electron chi connectivity index (χ0n) is 24.0. The van der Waals surface area contributed by atoms with E-state index < -0.39 is 53.7 Å². The van der Waals surface area contributed by atoms with Gasteiger partial charge in [-0.15, -0.1) is 0 Å². The number of hydrogen-bond acceptors (Lipinski definition) is 7. The Labute approximate surface area is 240 Å². The van der Waals surface area contributed by atoms with Crippen molar-refractivity contribution < 1.29 is 45.4 Å². The highest BCUT2D eigenvalue weighted by Crippen LogP contribution is 2.37. The van der Waals surface area contributed by atoms with Crippen LogP contribution < -0.4 is 4.90 Å². The number of anilines is 1. The van der Waals surface area contributed by atoms with Gasteiger partial charge in [0, 0.05) is 37.9 Å². The van der Waals surface area contributed by atoms with Crippen molar-refractivity contribution in [3.63, 3.8) is 0 Å². The quantitative estimate of drug-likeness (QED) is 0.254. The lowest BCUT2D eigenvalue weighted by Crippen LogP contribution is -2.42. The third-order valence-corrected chi connectivity index (χ3v) is 6.73. The van der Waals surface area contributed by atoms with E-state index in [0.717, 1.165) is 0 Å². The van der Waals surface area contributed by atoms with Crippen molar-refractivity contribution in [3.8, 4) is 0 Å².